The maximum absolute atomic E-state index is 13.6. The van der Waals surface area contributed by atoms with Crippen LogP contribution in [-0.2, 0) is 17.7 Å². The summed E-state index contributed by atoms with van der Waals surface area (Å²) in [5, 5.41) is 28.7. The molecule has 8 heteroatoms. The van der Waals surface area contributed by atoms with Crippen molar-refractivity contribution in [2.45, 2.75) is 43.9 Å². The van der Waals surface area contributed by atoms with E-state index in [2.05, 4.69) is 10.1 Å². The predicted molar refractivity (Wildman–Crippen MR) is 110 cm³/mol. The molecule has 0 unspecified atom stereocenters. The summed E-state index contributed by atoms with van der Waals surface area (Å²) in [5.41, 5.74) is -3.00. The molecule has 0 bridgehead atoms. The topological polar surface area (TPSA) is 71.2 Å². The van der Waals surface area contributed by atoms with Gasteiger partial charge in [0.15, 0.2) is 0 Å². The lowest BCUT2D eigenvalue weighted by atomic mass is 9.70. The van der Waals surface area contributed by atoms with Crippen molar-refractivity contribution in [3.63, 3.8) is 0 Å². The lowest BCUT2D eigenvalue weighted by molar-refractivity contribution is -0.180. The molecule has 29 heavy (non-hydrogen) atoms. The molecule has 0 aliphatic carbocycles. The van der Waals surface area contributed by atoms with Crippen LogP contribution < -0.4 is 0 Å². The van der Waals surface area contributed by atoms with Gasteiger partial charge in [-0.25, -0.2) is 14.1 Å². The number of aliphatic hydroxyl groups is 2. The lowest BCUT2D eigenvalue weighted by Gasteiger charge is -2.45. The van der Waals surface area contributed by atoms with E-state index in [1.165, 1.54) is 47.7 Å². The Hall–Kier alpha value is -1.99. The first kappa shape index (κ1) is 21.7. The van der Waals surface area contributed by atoms with Crippen molar-refractivity contribution in [1.29, 1.82) is 0 Å². The SMILES string of the molecule is CCCC[C@](O)(c1ccc(F)cc1)[C@](O)(Cn1cncn1)c1ccc(Cl)cc1Cl. The van der Waals surface area contributed by atoms with Gasteiger partial charge in [0.05, 0.1) is 6.54 Å². The third-order valence-electron chi connectivity index (χ3n) is 5.13. The van der Waals surface area contributed by atoms with Gasteiger partial charge in [0.1, 0.15) is 29.7 Å². The Morgan fingerprint density at radius 2 is 1.79 bits per heavy atom. The molecule has 2 aromatic carbocycles. The fourth-order valence-electron chi connectivity index (χ4n) is 3.56. The van der Waals surface area contributed by atoms with Gasteiger partial charge in [0, 0.05) is 15.6 Å². The average molecular weight is 438 g/mol. The molecule has 0 fully saturated rings. The zero-order valence-corrected chi connectivity index (χ0v) is 17.4. The summed E-state index contributed by atoms with van der Waals surface area (Å²) >= 11 is 12.5. The molecule has 3 rings (SSSR count). The van der Waals surface area contributed by atoms with E-state index >= 15 is 0 Å². The number of hydrogen-bond donors (Lipinski definition) is 2. The van der Waals surface area contributed by atoms with Crippen LogP contribution in [0.4, 0.5) is 4.39 Å². The quantitative estimate of drug-likeness (QED) is 0.536. The summed E-state index contributed by atoms with van der Waals surface area (Å²) in [7, 11) is 0. The minimum Gasteiger partial charge on any atom is -0.382 e. The molecule has 1 aromatic heterocycles. The van der Waals surface area contributed by atoms with Gasteiger partial charge < -0.3 is 10.2 Å². The first-order chi connectivity index (χ1) is 13.8. The van der Waals surface area contributed by atoms with Crippen LogP contribution >= 0.6 is 23.2 Å². The van der Waals surface area contributed by atoms with E-state index in [0.29, 0.717) is 22.6 Å². The van der Waals surface area contributed by atoms with Crippen molar-refractivity contribution in [2.75, 3.05) is 0 Å². The zero-order chi connectivity index (χ0) is 21.1. The Balaban J connectivity index is 2.23. The molecule has 0 amide bonds. The Labute approximate surface area is 178 Å². The highest BCUT2D eigenvalue weighted by Crippen LogP contribution is 2.47. The third-order valence-corrected chi connectivity index (χ3v) is 5.68. The highest BCUT2D eigenvalue weighted by Gasteiger charge is 2.52. The molecule has 0 saturated carbocycles. The lowest BCUT2D eigenvalue weighted by Crippen LogP contribution is -2.52. The molecule has 0 radical (unpaired) electrons. The smallest absolute Gasteiger partial charge is 0.143 e. The Morgan fingerprint density at radius 3 is 2.38 bits per heavy atom. The minimum atomic E-state index is -1.89. The molecular formula is C21H22Cl2FN3O2. The highest BCUT2D eigenvalue weighted by atomic mass is 35.5. The number of hydrogen-bond acceptors (Lipinski definition) is 4. The van der Waals surface area contributed by atoms with Gasteiger partial charge in [-0.3, -0.25) is 0 Å². The first-order valence-electron chi connectivity index (χ1n) is 9.29. The van der Waals surface area contributed by atoms with Gasteiger partial charge in [-0.05, 0) is 36.2 Å². The molecule has 0 aliphatic rings. The van der Waals surface area contributed by atoms with Crippen molar-refractivity contribution >= 4 is 23.2 Å². The van der Waals surface area contributed by atoms with E-state index in [9.17, 15) is 14.6 Å². The number of rotatable bonds is 8. The number of nitrogens with zero attached hydrogens (tertiary/aromatic N) is 3. The summed E-state index contributed by atoms with van der Waals surface area (Å²) in [4.78, 5) is 3.92. The number of aromatic nitrogens is 3. The average Bonchev–Trinajstić information content (AvgIpc) is 3.19. The van der Waals surface area contributed by atoms with E-state index in [4.69, 9.17) is 23.2 Å². The highest BCUT2D eigenvalue weighted by molar-refractivity contribution is 6.35. The third kappa shape index (κ3) is 4.31. The Kier molecular flexibility index (Phi) is 6.58. The summed E-state index contributed by atoms with van der Waals surface area (Å²) in [6, 6.07) is 10.1. The van der Waals surface area contributed by atoms with Crippen LogP contribution in [0.2, 0.25) is 10.0 Å². The van der Waals surface area contributed by atoms with Gasteiger partial charge in [-0.15, -0.1) is 0 Å². The molecule has 0 aliphatic heterocycles. The number of unbranched alkanes of at least 4 members (excludes halogenated alkanes) is 1. The normalized spacial score (nSPS) is 15.7. The molecule has 0 saturated heterocycles. The van der Waals surface area contributed by atoms with Crippen LogP contribution in [0.1, 0.15) is 37.3 Å². The van der Waals surface area contributed by atoms with Crippen LogP contribution in [0.3, 0.4) is 0 Å². The number of halogens is 3. The summed E-state index contributed by atoms with van der Waals surface area (Å²) < 4.78 is 15.0. The van der Waals surface area contributed by atoms with Gasteiger partial charge in [-0.2, -0.15) is 5.10 Å². The maximum atomic E-state index is 13.6. The number of benzene rings is 2. The summed E-state index contributed by atoms with van der Waals surface area (Å²) in [6.45, 7) is 1.86. The molecular weight excluding hydrogens is 416 g/mol. The molecule has 3 aromatic rings. The first-order valence-corrected chi connectivity index (χ1v) is 10.0. The summed E-state index contributed by atoms with van der Waals surface area (Å²) in [6.07, 6.45) is 4.42. The van der Waals surface area contributed by atoms with Crippen LogP contribution in [0.25, 0.3) is 0 Å². The molecule has 2 atom stereocenters. The van der Waals surface area contributed by atoms with Gasteiger partial charge in [0.25, 0.3) is 0 Å². The van der Waals surface area contributed by atoms with E-state index in [1.807, 2.05) is 6.92 Å². The van der Waals surface area contributed by atoms with Crippen LogP contribution in [0.15, 0.2) is 55.1 Å². The Morgan fingerprint density at radius 1 is 1.07 bits per heavy atom. The van der Waals surface area contributed by atoms with E-state index in [-0.39, 0.29) is 18.0 Å². The second kappa shape index (κ2) is 8.79. The molecule has 2 N–H and O–H groups in total. The van der Waals surface area contributed by atoms with Crippen LogP contribution in [-0.4, -0.2) is 25.0 Å². The summed E-state index contributed by atoms with van der Waals surface area (Å²) in [5.74, 6) is -0.434. The van der Waals surface area contributed by atoms with E-state index in [1.54, 1.807) is 12.1 Å². The van der Waals surface area contributed by atoms with Gasteiger partial charge in [0.2, 0.25) is 0 Å². The van der Waals surface area contributed by atoms with Crippen LogP contribution in [0, 0.1) is 5.82 Å². The fourth-order valence-corrected chi connectivity index (χ4v) is 4.13. The molecule has 1 heterocycles. The zero-order valence-electron chi connectivity index (χ0n) is 15.9. The van der Waals surface area contributed by atoms with Crippen molar-refractivity contribution in [2.24, 2.45) is 0 Å². The predicted octanol–water partition coefficient (Wildman–Crippen LogP) is 4.69. The molecule has 154 valence electrons. The van der Waals surface area contributed by atoms with Crippen molar-refractivity contribution in [1.82, 2.24) is 14.8 Å². The monoisotopic (exact) mass is 437 g/mol. The molecule has 0 spiro atoms. The maximum Gasteiger partial charge on any atom is 0.143 e. The van der Waals surface area contributed by atoms with E-state index < -0.39 is 17.0 Å². The van der Waals surface area contributed by atoms with E-state index in [0.717, 1.165) is 6.42 Å². The second-order valence-corrected chi connectivity index (χ2v) is 7.89. The fraction of sp³-hybridized carbons (Fsp3) is 0.333. The van der Waals surface area contributed by atoms with Gasteiger partial charge in [-0.1, -0.05) is 61.2 Å². The second-order valence-electron chi connectivity index (χ2n) is 7.05. The van der Waals surface area contributed by atoms with Crippen molar-refractivity contribution in [3.05, 3.63) is 82.1 Å². The molecule has 5 nitrogen and oxygen atoms in total. The Bertz CT molecular complexity index is 953. The standard InChI is InChI=1S/C21H22Cl2FN3O2/c1-2-3-10-20(28,15-4-7-17(24)8-5-15)21(29,12-27-14-25-13-26-27)18-9-6-16(22)11-19(18)23/h4-9,11,13-14,28-29H,2-3,10,12H2,1H3/t20-,21-/m0/s1. The van der Waals surface area contributed by atoms with Crippen LogP contribution in [0.5, 0.6) is 0 Å². The van der Waals surface area contributed by atoms with Crippen molar-refractivity contribution < 1.29 is 14.6 Å². The largest absolute Gasteiger partial charge is 0.382 e. The minimum absolute atomic E-state index is 0.119. The van der Waals surface area contributed by atoms with Crippen molar-refractivity contribution in [3.8, 4) is 0 Å². The van der Waals surface area contributed by atoms with Gasteiger partial charge >= 0.3 is 0 Å².